The molecule has 0 spiro atoms. The van der Waals surface area contributed by atoms with Crippen LogP contribution in [0.2, 0.25) is 10.0 Å². The number of carbonyl (C=O) groups is 2. The van der Waals surface area contributed by atoms with Gasteiger partial charge in [-0.3, -0.25) is 4.79 Å². The number of halogens is 2. The molecule has 4 aromatic rings. The molecule has 5 rings (SSSR count). The molecule has 2 aromatic carbocycles. The molecule has 0 saturated carbocycles. The number of aromatic nitrogens is 1. The average Bonchev–Trinajstić information content (AvgIpc) is 3.02. The number of pyridine rings is 1. The lowest BCUT2D eigenvalue weighted by molar-refractivity contribution is 0.0601. The number of esters is 1. The molecule has 2 aromatic heterocycles. The van der Waals surface area contributed by atoms with Crippen molar-refractivity contribution >= 4 is 62.3 Å². The van der Waals surface area contributed by atoms with Gasteiger partial charge in [0.2, 0.25) is 0 Å². The minimum absolute atomic E-state index is 0.323. The standard InChI is InChI=1S/C27H22Cl2N2O3S/c1-34-27(33)24-18-8-3-2-4-10-23(18)35-26(24)31-25(32)19-14-22(17-12-11-15(28)13-20(17)29)30-21-9-6-5-7-16(19)21/h5-7,9,11-14H,2-4,8,10H2,1H3,(H,31,32). The number of nitrogens with one attached hydrogen (secondary N) is 1. The van der Waals surface area contributed by atoms with E-state index >= 15 is 0 Å². The number of carbonyl (C=O) groups excluding carboxylic acids is 2. The van der Waals surface area contributed by atoms with Gasteiger partial charge >= 0.3 is 5.97 Å². The van der Waals surface area contributed by atoms with Crippen LogP contribution in [0.3, 0.4) is 0 Å². The summed E-state index contributed by atoms with van der Waals surface area (Å²) in [7, 11) is 1.37. The maximum atomic E-state index is 13.7. The Balaban J connectivity index is 1.60. The number of para-hydroxylation sites is 1. The summed E-state index contributed by atoms with van der Waals surface area (Å²) in [4.78, 5) is 32.2. The van der Waals surface area contributed by atoms with Gasteiger partial charge in [-0.05, 0) is 61.6 Å². The number of anilines is 1. The third-order valence-electron chi connectivity index (χ3n) is 6.21. The van der Waals surface area contributed by atoms with Crippen molar-refractivity contribution in [2.45, 2.75) is 32.1 Å². The molecule has 5 nitrogen and oxygen atoms in total. The van der Waals surface area contributed by atoms with E-state index in [-0.39, 0.29) is 5.91 Å². The SMILES string of the molecule is COC(=O)c1c(NC(=O)c2cc(-c3ccc(Cl)cc3Cl)nc3ccccc23)sc2c1CCCCC2. The highest BCUT2D eigenvalue weighted by atomic mass is 35.5. The summed E-state index contributed by atoms with van der Waals surface area (Å²) in [5, 5.41) is 5.21. The largest absolute Gasteiger partial charge is 0.465 e. The highest BCUT2D eigenvalue weighted by Crippen LogP contribution is 2.39. The maximum absolute atomic E-state index is 13.7. The molecule has 1 amide bonds. The van der Waals surface area contributed by atoms with E-state index in [1.165, 1.54) is 18.4 Å². The zero-order chi connectivity index (χ0) is 24.5. The summed E-state index contributed by atoms with van der Waals surface area (Å²) in [6.07, 6.45) is 4.92. The van der Waals surface area contributed by atoms with Crippen LogP contribution in [-0.4, -0.2) is 24.0 Å². The van der Waals surface area contributed by atoms with Gasteiger partial charge in [-0.2, -0.15) is 0 Å². The van der Waals surface area contributed by atoms with Crippen LogP contribution in [0.4, 0.5) is 5.00 Å². The third kappa shape index (κ3) is 4.66. The normalized spacial score (nSPS) is 13.2. The van der Waals surface area contributed by atoms with Crippen molar-refractivity contribution in [3.8, 4) is 11.3 Å². The monoisotopic (exact) mass is 524 g/mol. The summed E-state index contributed by atoms with van der Waals surface area (Å²) in [6, 6.07) is 14.3. The second-order valence-electron chi connectivity index (χ2n) is 8.41. The van der Waals surface area contributed by atoms with Gasteiger partial charge < -0.3 is 10.1 Å². The molecule has 1 aliphatic carbocycles. The Kier molecular flexibility index (Phi) is 6.78. The third-order valence-corrected chi connectivity index (χ3v) is 7.96. The van der Waals surface area contributed by atoms with Crippen molar-refractivity contribution in [3.63, 3.8) is 0 Å². The fourth-order valence-electron chi connectivity index (χ4n) is 4.52. The Bertz CT molecular complexity index is 1460. The number of benzene rings is 2. The van der Waals surface area contributed by atoms with Crippen molar-refractivity contribution in [1.29, 1.82) is 0 Å². The Morgan fingerprint density at radius 2 is 1.83 bits per heavy atom. The van der Waals surface area contributed by atoms with E-state index in [1.54, 1.807) is 24.3 Å². The van der Waals surface area contributed by atoms with E-state index < -0.39 is 5.97 Å². The van der Waals surface area contributed by atoms with Gasteiger partial charge in [-0.15, -0.1) is 11.3 Å². The molecule has 1 aliphatic rings. The van der Waals surface area contributed by atoms with Crippen molar-refractivity contribution in [1.82, 2.24) is 4.98 Å². The number of hydrogen-bond acceptors (Lipinski definition) is 5. The number of rotatable bonds is 4. The lowest BCUT2D eigenvalue weighted by atomic mass is 10.0. The minimum Gasteiger partial charge on any atom is -0.465 e. The number of ether oxygens (including phenoxy) is 1. The quantitative estimate of drug-likeness (QED) is 0.220. The molecule has 0 saturated heterocycles. The summed E-state index contributed by atoms with van der Waals surface area (Å²) in [5.74, 6) is -0.746. The Hall–Kier alpha value is -2.93. The van der Waals surface area contributed by atoms with E-state index in [0.29, 0.717) is 48.3 Å². The zero-order valence-electron chi connectivity index (χ0n) is 19.0. The molecule has 0 aliphatic heterocycles. The smallest absolute Gasteiger partial charge is 0.341 e. The van der Waals surface area contributed by atoms with Crippen molar-refractivity contribution in [2.75, 3.05) is 12.4 Å². The highest BCUT2D eigenvalue weighted by molar-refractivity contribution is 7.17. The predicted molar refractivity (Wildman–Crippen MR) is 142 cm³/mol. The van der Waals surface area contributed by atoms with Crippen LogP contribution in [0.25, 0.3) is 22.2 Å². The zero-order valence-corrected chi connectivity index (χ0v) is 21.3. The van der Waals surface area contributed by atoms with Crippen LogP contribution in [-0.2, 0) is 17.6 Å². The van der Waals surface area contributed by atoms with Crippen molar-refractivity contribution in [3.05, 3.63) is 80.1 Å². The van der Waals surface area contributed by atoms with Crippen LogP contribution in [0.5, 0.6) is 0 Å². The first-order valence-corrected chi connectivity index (χ1v) is 12.9. The maximum Gasteiger partial charge on any atom is 0.341 e. The summed E-state index contributed by atoms with van der Waals surface area (Å²) < 4.78 is 5.08. The fourth-order valence-corrected chi connectivity index (χ4v) is 6.30. The number of nitrogens with zero attached hydrogens (tertiary/aromatic N) is 1. The molecule has 1 N–H and O–H groups in total. The van der Waals surface area contributed by atoms with E-state index in [4.69, 9.17) is 32.9 Å². The number of thiophene rings is 1. The summed E-state index contributed by atoms with van der Waals surface area (Å²) >= 11 is 14.0. The van der Waals surface area contributed by atoms with E-state index in [0.717, 1.165) is 42.5 Å². The number of hydrogen-bond donors (Lipinski definition) is 1. The Morgan fingerprint density at radius 3 is 2.63 bits per heavy atom. The molecular formula is C27H22Cl2N2O3S. The van der Waals surface area contributed by atoms with Crippen LogP contribution < -0.4 is 5.32 Å². The Morgan fingerprint density at radius 1 is 1.03 bits per heavy atom. The molecule has 0 radical (unpaired) electrons. The van der Waals surface area contributed by atoms with Gasteiger partial charge in [-0.1, -0.05) is 47.8 Å². The van der Waals surface area contributed by atoms with Crippen LogP contribution in [0.1, 0.15) is 50.4 Å². The molecule has 35 heavy (non-hydrogen) atoms. The lowest BCUT2D eigenvalue weighted by Gasteiger charge is -2.12. The number of methoxy groups -OCH3 is 1. The topological polar surface area (TPSA) is 68.3 Å². The van der Waals surface area contributed by atoms with Crippen molar-refractivity contribution in [2.24, 2.45) is 0 Å². The second kappa shape index (κ2) is 9.97. The van der Waals surface area contributed by atoms with Crippen LogP contribution >= 0.6 is 34.5 Å². The number of amides is 1. The van der Waals surface area contributed by atoms with Gasteiger partial charge in [0, 0.05) is 20.8 Å². The first-order chi connectivity index (χ1) is 17.0. The molecule has 2 heterocycles. The van der Waals surface area contributed by atoms with E-state index in [9.17, 15) is 9.59 Å². The van der Waals surface area contributed by atoms with E-state index in [1.807, 2.05) is 24.3 Å². The highest BCUT2D eigenvalue weighted by Gasteiger charge is 2.27. The van der Waals surface area contributed by atoms with Crippen LogP contribution in [0, 0.1) is 0 Å². The van der Waals surface area contributed by atoms with E-state index in [2.05, 4.69) is 5.32 Å². The number of fused-ring (bicyclic) bond motifs is 2. The lowest BCUT2D eigenvalue weighted by Crippen LogP contribution is -2.15. The minimum atomic E-state index is -0.423. The predicted octanol–water partition coefficient (Wildman–Crippen LogP) is 7.58. The first kappa shape index (κ1) is 23.8. The van der Waals surface area contributed by atoms with Gasteiger partial charge in [0.1, 0.15) is 5.00 Å². The second-order valence-corrected chi connectivity index (χ2v) is 10.4. The summed E-state index contributed by atoms with van der Waals surface area (Å²) in [6.45, 7) is 0. The fraction of sp³-hybridized carbons (Fsp3) is 0.222. The molecule has 178 valence electrons. The van der Waals surface area contributed by atoms with Gasteiger partial charge in [0.25, 0.3) is 5.91 Å². The number of aryl methyl sites for hydroxylation is 1. The average molecular weight is 525 g/mol. The van der Waals surface area contributed by atoms with Crippen LogP contribution in [0.15, 0.2) is 48.5 Å². The van der Waals surface area contributed by atoms with Gasteiger partial charge in [0.15, 0.2) is 0 Å². The molecule has 0 bridgehead atoms. The molecular weight excluding hydrogens is 503 g/mol. The molecule has 8 heteroatoms. The first-order valence-electron chi connectivity index (χ1n) is 11.4. The van der Waals surface area contributed by atoms with Gasteiger partial charge in [-0.25, -0.2) is 9.78 Å². The summed E-state index contributed by atoms with van der Waals surface area (Å²) in [5.41, 5.74) is 3.82. The molecule has 0 atom stereocenters. The Labute approximate surface area is 217 Å². The van der Waals surface area contributed by atoms with Gasteiger partial charge in [0.05, 0.1) is 34.5 Å². The molecule has 0 fully saturated rings. The molecule has 0 unspecified atom stereocenters. The van der Waals surface area contributed by atoms with Crippen molar-refractivity contribution < 1.29 is 14.3 Å².